The lowest BCUT2D eigenvalue weighted by atomic mass is 10.2. The Labute approximate surface area is 119 Å². The molecule has 0 unspecified atom stereocenters. The highest BCUT2D eigenvalue weighted by molar-refractivity contribution is 9.10. The topological polar surface area (TPSA) is 72.8 Å². The summed E-state index contributed by atoms with van der Waals surface area (Å²) in [6.07, 6.45) is 1.87. The molecule has 2 aromatic rings. The van der Waals surface area contributed by atoms with E-state index in [1.807, 2.05) is 35.0 Å². The Morgan fingerprint density at radius 1 is 1.47 bits per heavy atom. The highest BCUT2D eigenvalue weighted by Gasteiger charge is 2.09. The first-order valence-corrected chi connectivity index (χ1v) is 6.40. The lowest BCUT2D eigenvalue weighted by molar-refractivity contribution is 0.318. The molecule has 0 amide bonds. The number of oxime groups is 1. The van der Waals surface area contributed by atoms with Crippen LogP contribution in [0.5, 0.6) is 5.75 Å². The summed E-state index contributed by atoms with van der Waals surface area (Å²) in [6, 6.07) is 9.43. The van der Waals surface area contributed by atoms with Crippen LogP contribution in [0.15, 0.2) is 46.2 Å². The summed E-state index contributed by atoms with van der Waals surface area (Å²) in [5, 5.41) is 11.8. The lowest BCUT2D eigenvalue weighted by Gasteiger charge is -2.12. The molecule has 100 valence electrons. The maximum Gasteiger partial charge on any atom is 0.186 e. The molecule has 1 aromatic carbocycles. The van der Waals surface area contributed by atoms with Crippen LogP contribution in [0.25, 0.3) is 0 Å². The Hall–Kier alpha value is -1.95. The summed E-state index contributed by atoms with van der Waals surface area (Å²) < 4.78 is 8.19. The van der Waals surface area contributed by atoms with Gasteiger partial charge in [-0.05, 0) is 30.3 Å². The minimum absolute atomic E-state index is 0.0824. The van der Waals surface area contributed by atoms with Gasteiger partial charge in [-0.2, -0.15) is 0 Å². The molecule has 0 aliphatic carbocycles. The van der Waals surface area contributed by atoms with E-state index < -0.39 is 0 Å². The van der Waals surface area contributed by atoms with Gasteiger partial charge < -0.3 is 20.2 Å². The molecule has 0 saturated carbocycles. The van der Waals surface area contributed by atoms with Crippen LogP contribution in [0, 0.1) is 0 Å². The average Bonchev–Trinajstić information content (AvgIpc) is 2.86. The summed E-state index contributed by atoms with van der Waals surface area (Å²) in [4.78, 5) is 0. The molecule has 0 radical (unpaired) electrons. The van der Waals surface area contributed by atoms with Crippen LogP contribution in [-0.4, -0.2) is 22.7 Å². The molecule has 19 heavy (non-hydrogen) atoms. The van der Waals surface area contributed by atoms with Gasteiger partial charge in [0, 0.05) is 16.2 Å². The third-order valence-electron chi connectivity index (χ3n) is 2.78. The molecule has 0 bridgehead atoms. The minimum Gasteiger partial charge on any atom is -0.496 e. The molecule has 2 rings (SSSR count). The number of nitrogens with two attached hydrogens (primary N) is 1. The van der Waals surface area contributed by atoms with E-state index in [0.29, 0.717) is 12.2 Å². The molecular weight excluding hydrogens is 310 g/mol. The average molecular weight is 324 g/mol. The molecule has 0 aliphatic heterocycles. The minimum atomic E-state index is 0.0824. The predicted octanol–water partition coefficient (Wildman–Crippen LogP) is 2.40. The van der Waals surface area contributed by atoms with Crippen molar-refractivity contribution in [1.82, 2.24) is 4.57 Å². The van der Waals surface area contributed by atoms with Gasteiger partial charge in [-0.3, -0.25) is 0 Å². The smallest absolute Gasteiger partial charge is 0.186 e. The van der Waals surface area contributed by atoms with Crippen molar-refractivity contribution in [1.29, 1.82) is 0 Å². The molecule has 0 spiro atoms. The molecule has 1 heterocycles. The number of ether oxygens (including phenoxy) is 1. The fraction of sp³-hybridized carbons (Fsp3) is 0.154. The van der Waals surface area contributed by atoms with Gasteiger partial charge in [-0.1, -0.05) is 21.1 Å². The van der Waals surface area contributed by atoms with E-state index in [-0.39, 0.29) is 5.84 Å². The second kappa shape index (κ2) is 5.79. The monoisotopic (exact) mass is 323 g/mol. The van der Waals surface area contributed by atoms with Crippen molar-refractivity contribution in [2.75, 3.05) is 7.11 Å². The molecule has 1 aromatic heterocycles. The van der Waals surface area contributed by atoms with Crippen molar-refractivity contribution < 1.29 is 9.94 Å². The number of benzene rings is 1. The normalized spacial score (nSPS) is 11.6. The maximum absolute atomic E-state index is 8.76. The van der Waals surface area contributed by atoms with E-state index in [0.717, 1.165) is 15.8 Å². The first-order valence-electron chi connectivity index (χ1n) is 5.61. The van der Waals surface area contributed by atoms with Crippen LogP contribution in [0.4, 0.5) is 0 Å². The van der Waals surface area contributed by atoms with Gasteiger partial charge in [0.05, 0.1) is 19.3 Å². The van der Waals surface area contributed by atoms with Gasteiger partial charge in [-0.25, -0.2) is 0 Å². The highest BCUT2D eigenvalue weighted by Crippen LogP contribution is 2.24. The Balaban J connectivity index is 2.36. The summed E-state index contributed by atoms with van der Waals surface area (Å²) in [6.45, 7) is 0.571. The van der Waals surface area contributed by atoms with Crippen molar-refractivity contribution in [2.45, 2.75) is 6.54 Å². The van der Waals surface area contributed by atoms with Crippen LogP contribution in [0.1, 0.15) is 11.3 Å². The fourth-order valence-corrected chi connectivity index (χ4v) is 2.30. The molecule has 6 heteroatoms. The zero-order valence-corrected chi connectivity index (χ0v) is 12.0. The largest absolute Gasteiger partial charge is 0.496 e. The van der Waals surface area contributed by atoms with Crippen LogP contribution >= 0.6 is 15.9 Å². The number of aromatic nitrogens is 1. The van der Waals surface area contributed by atoms with Crippen molar-refractivity contribution in [3.63, 3.8) is 0 Å². The van der Waals surface area contributed by atoms with Crippen LogP contribution in [0.3, 0.4) is 0 Å². The van der Waals surface area contributed by atoms with E-state index in [1.54, 1.807) is 13.2 Å². The number of hydrogen-bond acceptors (Lipinski definition) is 3. The predicted molar refractivity (Wildman–Crippen MR) is 76.7 cm³/mol. The maximum atomic E-state index is 8.76. The third-order valence-corrected chi connectivity index (χ3v) is 3.28. The van der Waals surface area contributed by atoms with E-state index in [2.05, 4.69) is 21.1 Å². The second-order valence-corrected chi connectivity index (χ2v) is 4.88. The Morgan fingerprint density at radius 3 is 2.95 bits per heavy atom. The number of hydrogen-bond donors (Lipinski definition) is 2. The number of nitrogens with zero attached hydrogens (tertiary/aromatic N) is 2. The van der Waals surface area contributed by atoms with Gasteiger partial charge >= 0.3 is 0 Å². The highest BCUT2D eigenvalue weighted by atomic mass is 79.9. The molecule has 0 atom stereocenters. The van der Waals surface area contributed by atoms with Crippen molar-refractivity contribution in [2.24, 2.45) is 10.9 Å². The Kier molecular flexibility index (Phi) is 4.11. The number of amidine groups is 1. The zero-order chi connectivity index (χ0) is 13.8. The van der Waals surface area contributed by atoms with E-state index in [4.69, 9.17) is 15.7 Å². The van der Waals surface area contributed by atoms with Gasteiger partial charge in [0.1, 0.15) is 5.75 Å². The van der Waals surface area contributed by atoms with Gasteiger partial charge in [-0.15, -0.1) is 0 Å². The van der Waals surface area contributed by atoms with Crippen molar-refractivity contribution in [3.8, 4) is 5.75 Å². The Bertz CT molecular complexity index is 608. The van der Waals surface area contributed by atoms with Gasteiger partial charge in [0.25, 0.3) is 0 Å². The third kappa shape index (κ3) is 2.90. The summed E-state index contributed by atoms with van der Waals surface area (Å²) >= 11 is 3.44. The van der Waals surface area contributed by atoms with Gasteiger partial charge in [0.15, 0.2) is 5.84 Å². The zero-order valence-electron chi connectivity index (χ0n) is 10.4. The molecule has 5 nitrogen and oxygen atoms in total. The molecule has 0 aliphatic rings. The Morgan fingerprint density at radius 2 is 2.26 bits per heavy atom. The number of methoxy groups -OCH3 is 1. The fourth-order valence-electron chi connectivity index (χ4n) is 1.89. The van der Waals surface area contributed by atoms with E-state index in [9.17, 15) is 0 Å². The number of halogens is 1. The van der Waals surface area contributed by atoms with Crippen molar-refractivity contribution in [3.05, 3.63) is 52.3 Å². The quantitative estimate of drug-likeness (QED) is 0.393. The van der Waals surface area contributed by atoms with E-state index in [1.165, 1.54) is 0 Å². The summed E-state index contributed by atoms with van der Waals surface area (Å²) in [5.74, 6) is 0.876. The van der Waals surface area contributed by atoms with E-state index >= 15 is 0 Å². The lowest BCUT2D eigenvalue weighted by Crippen LogP contribution is -2.18. The van der Waals surface area contributed by atoms with Gasteiger partial charge in [0.2, 0.25) is 0 Å². The molecular formula is C13H14BrN3O2. The second-order valence-electron chi connectivity index (χ2n) is 3.96. The standard InChI is InChI=1S/C13H14BrN3O2/c1-19-12-5-4-10(14)7-9(12)8-17-6-2-3-11(17)13(15)16-18/h2-7,18H,8H2,1H3,(H2,15,16). The molecule has 3 N–H and O–H groups in total. The van der Waals surface area contributed by atoms with Crippen molar-refractivity contribution >= 4 is 21.8 Å². The SMILES string of the molecule is COc1ccc(Br)cc1Cn1cccc1/C(N)=N/O. The summed E-state index contributed by atoms with van der Waals surface area (Å²) in [5.41, 5.74) is 7.29. The number of rotatable bonds is 4. The summed E-state index contributed by atoms with van der Waals surface area (Å²) in [7, 11) is 1.63. The first-order chi connectivity index (χ1) is 9.15. The molecule has 0 saturated heterocycles. The van der Waals surface area contributed by atoms with Crippen LogP contribution in [-0.2, 0) is 6.54 Å². The molecule has 0 fully saturated rings. The van der Waals surface area contributed by atoms with Crippen LogP contribution in [0.2, 0.25) is 0 Å². The van der Waals surface area contributed by atoms with Crippen LogP contribution < -0.4 is 10.5 Å². The first kappa shape index (κ1) is 13.5.